The number of methoxy groups -OCH3 is 1. The summed E-state index contributed by atoms with van der Waals surface area (Å²) >= 11 is 1.36. The average Bonchev–Trinajstić information content (AvgIpc) is 3.49. The van der Waals surface area contributed by atoms with Crippen molar-refractivity contribution in [1.29, 1.82) is 0 Å². The van der Waals surface area contributed by atoms with E-state index in [1.165, 1.54) is 11.3 Å². The van der Waals surface area contributed by atoms with E-state index in [1.807, 2.05) is 18.2 Å². The van der Waals surface area contributed by atoms with Crippen molar-refractivity contribution >= 4 is 32.8 Å². The first kappa shape index (κ1) is 22.0. The lowest BCUT2D eigenvalue weighted by Crippen LogP contribution is -2.23. The molecule has 0 spiro atoms. The summed E-state index contributed by atoms with van der Waals surface area (Å²) in [6.07, 6.45) is 4.78. The molecule has 5 rings (SSSR count). The summed E-state index contributed by atoms with van der Waals surface area (Å²) in [4.78, 5) is 13.8. The number of nitrogens with one attached hydrogen (secondary N) is 1. The molecule has 2 heterocycles. The number of amides is 1. The van der Waals surface area contributed by atoms with Gasteiger partial charge in [-0.1, -0.05) is 24.3 Å². The van der Waals surface area contributed by atoms with Crippen LogP contribution in [0, 0.1) is 0 Å². The Bertz CT molecular complexity index is 1280. The summed E-state index contributed by atoms with van der Waals surface area (Å²) in [5.74, 6) is 0.868. The summed E-state index contributed by atoms with van der Waals surface area (Å²) < 4.78 is 38.3. The van der Waals surface area contributed by atoms with Crippen LogP contribution in [0.15, 0.2) is 63.7 Å². The molecule has 0 unspecified atom stereocenters. The quantitative estimate of drug-likeness (QED) is 0.509. The molecule has 2 aliphatic rings. The standard InChI is InChI=1S/C25H25NO5S2/c1-30-20-12-11-16(13-21(20)31-17-7-5-6-8-17)19-14-23(27)26-24-22(15-32-25(19)24)33(28,29)18-9-3-2-4-10-18/h2-4,9-13,15,17,19H,5-8,14H2,1H3,(H,26,27)/t19-/m1/s1. The summed E-state index contributed by atoms with van der Waals surface area (Å²) in [5, 5.41) is 4.45. The Hall–Kier alpha value is -2.84. The maximum atomic E-state index is 13.3. The largest absolute Gasteiger partial charge is 0.493 e. The van der Waals surface area contributed by atoms with Gasteiger partial charge in [0.2, 0.25) is 15.7 Å². The SMILES string of the molecule is COc1ccc([C@H]2CC(=O)Nc3c(S(=O)(=O)c4ccccc4)csc32)cc1OC1CCCC1. The van der Waals surface area contributed by atoms with Crippen molar-refractivity contribution in [3.8, 4) is 11.5 Å². The normalized spacial score (nSPS) is 18.6. The van der Waals surface area contributed by atoms with E-state index in [2.05, 4.69) is 5.32 Å². The zero-order valence-corrected chi connectivity index (χ0v) is 19.9. The molecule has 1 aliphatic heterocycles. The number of fused-ring (bicyclic) bond motifs is 1. The van der Waals surface area contributed by atoms with Crippen molar-refractivity contribution in [3.63, 3.8) is 0 Å². The minimum Gasteiger partial charge on any atom is -0.493 e. The minimum absolute atomic E-state index is 0.141. The third-order valence-corrected chi connectivity index (χ3v) is 9.32. The monoisotopic (exact) mass is 483 g/mol. The number of hydrogen-bond donors (Lipinski definition) is 1. The van der Waals surface area contributed by atoms with Crippen LogP contribution in [0.2, 0.25) is 0 Å². The Labute approximate surface area is 197 Å². The molecule has 1 atom stereocenters. The number of thiophene rings is 1. The molecule has 1 amide bonds. The van der Waals surface area contributed by atoms with Crippen molar-refractivity contribution in [1.82, 2.24) is 0 Å². The van der Waals surface area contributed by atoms with E-state index < -0.39 is 9.84 Å². The molecule has 1 aromatic heterocycles. The molecule has 33 heavy (non-hydrogen) atoms. The van der Waals surface area contributed by atoms with Crippen LogP contribution in [0.1, 0.15) is 48.5 Å². The van der Waals surface area contributed by atoms with Crippen LogP contribution < -0.4 is 14.8 Å². The van der Waals surface area contributed by atoms with Gasteiger partial charge in [-0.25, -0.2) is 8.42 Å². The topological polar surface area (TPSA) is 81.7 Å². The van der Waals surface area contributed by atoms with Gasteiger partial charge in [0.1, 0.15) is 4.90 Å². The van der Waals surface area contributed by atoms with Crippen LogP contribution >= 0.6 is 11.3 Å². The van der Waals surface area contributed by atoms with Crippen molar-refractivity contribution in [2.24, 2.45) is 0 Å². The Morgan fingerprint density at radius 1 is 1.03 bits per heavy atom. The van der Waals surface area contributed by atoms with E-state index in [-0.39, 0.29) is 34.1 Å². The molecule has 3 aromatic rings. The van der Waals surface area contributed by atoms with Crippen LogP contribution in [0.5, 0.6) is 11.5 Å². The highest BCUT2D eigenvalue weighted by atomic mass is 32.2. The zero-order valence-electron chi connectivity index (χ0n) is 18.2. The Balaban J connectivity index is 1.54. The van der Waals surface area contributed by atoms with Gasteiger partial charge in [-0.05, 0) is 55.5 Å². The van der Waals surface area contributed by atoms with Gasteiger partial charge in [-0.15, -0.1) is 11.3 Å². The molecular weight excluding hydrogens is 458 g/mol. The van der Waals surface area contributed by atoms with Gasteiger partial charge in [0.25, 0.3) is 0 Å². The number of rotatable bonds is 6. The molecule has 172 valence electrons. The van der Waals surface area contributed by atoms with E-state index in [0.717, 1.165) is 36.1 Å². The summed E-state index contributed by atoms with van der Waals surface area (Å²) in [7, 11) is -2.14. The maximum Gasteiger partial charge on any atom is 0.225 e. The van der Waals surface area contributed by atoms with Gasteiger partial charge in [0, 0.05) is 22.6 Å². The van der Waals surface area contributed by atoms with Gasteiger partial charge in [0.05, 0.1) is 23.8 Å². The van der Waals surface area contributed by atoms with Crippen LogP contribution in [0.3, 0.4) is 0 Å². The Morgan fingerprint density at radius 2 is 1.79 bits per heavy atom. The second-order valence-corrected chi connectivity index (χ2v) is 11.2. The predicted octanol–water partition coefficient (Wildman–Crippen LogP) is 5.39. The van der Waals surface area contributed by atoms with Crippen molar-refractivity contribution < 1.29 is 22.7 Å². The van der Waals surface area contributed by atoms with Gasteiger partial charge in [0.15, 0.2) is 11.5 Å². The molecular formula is C25H25NO5S2. The lowest BCUT2D eigenvalue weighted by atomic mass is 9.90. The van der Waals surface area contributed by atoms with E-state index in [0.29, 0.717) is 17.2 Å². The first-order valence-electron chi connectivity index (χ1n) is 11.0. The van der Waals surface area contributed by atoms with Gasteiger partial charge in [-0.2, -0.15) is 0 Å². The fourth-order valence-electron chi connectivity index (χ4n) is 4.59. The molecule has 1 N–H and O–H groups in total. The highest BCUT2D eigenvalue weighted by molar-refractivity contribution is 7.91. The molecule has 8 heteroatoms. The number of carbonyl (C=O) groups excluding carboxylic acids is 1. The van der Waals surface area contributed by atoms with Crippen LogP contribution in [-0.4, -0.2) is 27.5 Å². The maximum absolute atomic E-state index is 13.3. The first-order valence-corrected chi connectivity index (χ1v) is 13.4. The van der Waals surface area contributed by atoms with Crippen LogP contribution in [0.25, 0.3) is 0 Å². The number of carbonyl (C=O) groups is 1. The molecule has 1 fully saturated rings. The highest BCUT2D eigenvalue weighted by Gasteiger charge is 2.35. The number of sulfone groups is 1. The zero-order chi connectivity index (χ0) is 23.0. The Morgan fingerprint density at radius 3 is 2.52 bits per heavy atom. The molecule has 2 aromatic carbocycles. The third-order valence-electron chi connectivity index (χ3n) is 6.29. The van der Waals surface area contributed by atoms with E-state index in [4.69, 9.17) is 9.47 Å². The number of benzene rings is 2. The minimum atomic E-state index is -3.75. The second kappa shape index (κ2) is 8.83. The molecule has 6 nitrogen and oxygen atoms in total. The van der Waals surface area contributed by atoms with Gasteiger partial charge < -0.3 is 14.8 Å². The lowest BCUT2D eigenvalue weighted by Gasteiger charge is -2.25. The smallest absolute Gasteiger partial charge is 0.225 e. The van der Waals surface area contributed by atoms with E-state index >= 15 is 0 Å². The molecule has 0 radical (unpaired) electrons. The highest BCUT2D eigenvalue weighted by Crippen LogP contribution is 2.47. The number of hydrogen-bond acceptors (Lipinski definition) is 6. The summed E-state index contributed by atoms with van der Waals surface area (Å²) in [6.45, 7) is 0. The fourth-order valence-corrected chi connectivity index (χ4v) is 7.51. The molecule has 0 saturated heterocycles. The fraction of sp³-hybridized carbons (Fsp3) is 0.320. The van der Waals surface area contributed by atoms with E-state index in [9.17, 15) is 13.2 Å². The Kier molecular flexibility index (Phi) is 5.88. The van der Waals surface area contributed by atoms with Crippen LogP contribution in [-0.2, 0) is 14.6 Å². The first-order chi connectivity index (χ1) is 16.0. The molecule has 1 saturated carbocycles. The average molecular weight is 484 g/mol. The van der Waals surface area contributed by atoms with Crippen molar-refractivity contribution in [3.05, 3.63) is 64.4 Å². The molecule has 1 aliphatic carbocycles. The van der Waals surface area contributed by atoms with Crippen molar-refractivity contribution in [2.75, 3.05) is 12.4 Å². The number of ether oxygens (including phenoxy) is 2. The van der Waals surface area contributed by atoms with E-state index in [1.54, 1.807) is 42.8 Å². The van der Waals surface area contributed by atoms with Gasteiger partial charge in [-0.3, -0.25) is 4.79 Å². The summed E-state index contributed by atoms with van der Waals surface area (Å²) in [6, 6.07) is 14.0. The molecule has 0 bridgehead atoms. The third kappa shape index (κ3) is 4.13. The lowest BCUT2D eigenvalue weighted by molar-refractivity contribution is -0.116. The second-order valence-electron chi connectivity index (χ2n) is 8.40. The van der Waals surface area contributed by atoms with Crippen molar-refractivity contribution in [2.45, 2.75) is 53.9 Å². The van der Waals surface area contributed by atoms with Crippen LogP contribution in [0.4, 0.5) is 5.69 Å². The predicted molar refractivity (Wildman–Crippen MR) is 127 cm³/mol. The summed E-state index contributed by atoms with van der Waals surface area (Å²) in [5.41, 5.74) is 1.30. The van der Waals surface area contributed by atoms with Gasteiger partial charge >= 0.3 is 0 Å². The number of anilines is 1.